The van der Waals surface area contributed by atoms with Crippen molar-refractivity contribution in [1.82, 2.24) is 4.31 Å². The summed E-state index contributed by atoms with van der Waals surface area (Å²) in [6.45, 7) is 3.27. The molecule has 0 aromatic carbocycles. The molecular weight excluding hydrogens is 236 g/mol. The molecule has 2 atom stereocenters. The van der Waals surface area contributed by atoms with Gasteiger partial charge in [0.25, 0.3) is 0 Å². The molecule has 0 amide bonds. The van der Waals surface area contributed by atoms with Gasteiger partial charge in [-0.1, -0.05) is 12.8 Å². The van der Waals surface area contributed by atoms with Crippen LogP contribution in [0.4, 0.5) is 0 Å². The van der Waals surface area contributed by atoms with Gasteiger partial charge in [0.05, 0.1) is 5.75 Å². The summed E-state index contributed by atoms with van der Waals surface area (Å²) < 4.78 is 26.2. The van der Waals surface area contributed by atoms with Crippen molar-refractivity contribution < 1.29 is 8.42 Å². The van der Waals surface area contributed by atoms with Crippen molar-refractivity contribution in [1.29, 1.82) is 0 Å². The van der Waals surface area contributed by atoms with Gasteiger partial charge in [-0.25, -0.2) is 12.7 Å². The Morgan fingerprint density at radius 2 is 1.94 bits per heavy atom. The molecule has 2 rings (SSSR count). The summed E-state index contributed by atoms with van der Waals surface area (Å²) >= 11 is 0. The van der Waals surface area contributed by atoms with E-state index in [1.54, 1.807) is 4.31 Å². The second-order valence-corrected chi connectivity index (χ2v) is 7.71. The maximum atomic E-state index is 12.2. The standard InChI is InChI=1S/C12H24N2O2S/c1-10(13)12-6-7-14(8-12)17(15,16)9-11-4-2-3-5-11/h10-12H,2-9,13H2,1H3. The Morgan fingerprint density at radius 3 is 2.47 bits per heavy atom. The van der Waals surface area contributed by atoms with Crippen molar-refractivity contribution in [3.8, 4) is 0 Å². The molecule has 4 nitrogen and oxygen atoms in total. The Morgan fingerprint density at radius 1 is 1.29 bits per heavy atom. The van der Waals surface area contributed by atoms with Crippen molar-refractivity contribution in [2.45, 2.75) is 45.1 Å². The van der Waals surface area contributed by atoms with Crippen LogP contribution in [0.15, 0.2) is 0 Å². The van der Waals surface area contributed by atoms with Crippen LogP contribution in [0, 0.1) is 11.8 Å². The molecule has 0 aromatic heterocycles. The third kappa shape index (κ3) is 3.20. The molecule has 0 radical (unpaired) electrons. The molecule has 2 N–H and O–H groups in total. The second kappa shape index (κ2) is 5.24. The number of sulfonamides is 1. The number of hydrogen-bond donors (Lipinski definition) is 1. The predicted octanol–water partition coefficient (Wildman–Crippen LogP) is 1.18. The van der Waals surface area contributed by atoms with Gasteiger partial charge in [0.15, 0.2) is 0 Å². The molecule has 0 bridgehead atoms. The molecule has 100 valence electrons. The van der Waals surface area contributed by atoms with Gasteiger partial charge in [-0.05, 0) is 38.0 Å². The average molecular weight is 260 g/mol. The summed E-state index contributed by atoms with van der Waals surface area (Å²) in [4.78, 5) is 0. The van der Waals surface area contributed by atoms with Gasteiger partial charge in [-0.3, -0.25) is 0 Å². The molecule has 2 aliphatic rings. The van der Waals surface area contributed by atoms with Crippen LogP contribution in [0.2, 0.25) is 0 Å². The Bertz CT molecular complexity index is 348. The normalized spacial score (nSPS) is 29.9. The van der Waals surface area contributed by atoms with E-state index in [1.165, 1.54) is 12.8 Å². The first-order valence-corrected chi connectivity index (χ1v) is 8.33. The van der Waals surface area contributed by atoms with Crippen LogP contribution >= 0.6 is 0 Å². The minimum absolute atomic E-state index is 0.0988. The van der Waals surface area contributed by atoms with E-state index in [2.05, 4.69) is 0 Å². The first-order valence-electron chi connectivity index (χ1n) is 6.72. The molecule has 5 heteroatoms. The molecule has 2 unspecified atom stereocenters. The largest absolute Gasteiger partial charge is 0.328 e. The van der Waals surface area contributed by atoms with Crippen LogP contribution in [-0.2, 0) is 10.0 Å². The quantitative estimate of drug-likeness (QED) is 0.825. The van der Waals surface area contributed by atoms with Crippen LogP contribution in [0.3, 0.4) is 0 Å². The highest BCUT2D eigenvalue weighted by atomic mass is 32.2. The van der Waals surface area contributed by atoms with Crippen molar-refractivity contribution in [3.05, 3.63) is 0 Å². The monoisotopic (exact) mass is 260 g/mol. The van der Waals surface area contributed by atoms with E-state index in [0.717, 1.165) is 19.3 Å². The third-order valence-corrected chi connectivity index (χ3v) is 6.26. The first-order chi connectivity index (χ1) is 7.99. The molecule has 1 saturated heterocycles. The Balaban J connectivity index is 1.92. The fourth-order valence-electron chi connectivity index (χ4n) is 3.02. The summed E-state index contributed by atoms with van der Waals surface area (Å²) in [5, 5.41) is 0. The van der Waals surface area contributed by atoms with E-state index in [9.17, 15) is 8.42 Å². The van der Waals surface area contributed by atoms with Crippen molar-refractivity contribution in [3.63, 3.8) is 0 Å². The molecule has 1 aliphatic carbocycles. The van der Waals surface area contributed by atoms with Crippen molar-refractivity contribution in [2.75, 3.05) is 18.8 Å². The van der Waals surface area contributed by atoms with Gasteiger partial charge in [0, 0.05) is 19.1 Å². The van der Waals surface area contributed by atoms with Crippen LogP contribution in [0.1, 0.15) is 39.0 Å². The fraction of sp³-hybridized carbons (Fsp3) is 1.00. The summed E-state index contributed by atoms with van der Waals surface area (Å²) in [6.07, 6.45) is 5.49. The minimum Gasteiger partial charge on any atom is -0.328 e. The highest BCUT2D eigenvalue weighted by molar-refractivity contribution is 7.89. The smallest absolute Gasteiger partial charge is 0.214 e. The topological polar surface area (TPSA) is 63.4 Å². The van der Waals surface area contributed by atoms with Gasteiger partial charge in [0.2, 0.25) is 10.0 Å². The lowest BCUT2D eigenvalue weighted by Crippen LogP contribution is -2.35. The van der Waals surface area contributed by atoms with Gasteiger partial charge in [-0.15, -0.1) is 0 Å². The molecule has 1 saturated carbocycles. The maximum Gasteiger partial charge on any atom is 0.214 e. The zero-order valence-corrected chi connectivity index (χ0v) is 11.5. The average Bonchev–Trinajstić information content (AvgIpc) is 2.84. The Hall–Kier alpha value is -0.130. The molecule has 1 heterocycles. The minimum atomic E-state index is -3.03. The number of rotatable bonds is 4. The van der Waals surface area contributed by atoms with Crippen LogP contribution in [-0.4, -0.2) is 37.6 Å². The number of nitrogens with two attached hydrogens (primary N) is 1. The zero-order valence-electron chi connectivity index (χ0n) is 10.6. The molecule has 1 aliphatic heterocycles. The highest BCUT2D eigenvalue weighted by Gasteiger charge is 2.34. The molecule has 2 fully saturated rings. The van der Waals surface area contributed by atoms with E-state index in [0.29, 0.717) is 30.7 Å². The van der Waals surface area contributed by atoms with Crippen LogP contribution < -0.4 is 5.73 Å². The van der Waals surface area contributed by atoms with Gasteiger partial charge >= 0.3 is 0 Å². The van der Waals surface area contributed by atoms with Gasteiger partial charge in [0.1, 0.15) is 0 Å². The summed E-state index contributed by atoms with van der Waals surface area (Å²) in [5.74, 6) is 1.10. The maximum absolute atomic E-state index is 12.2. The van der Waals surface area contributed by atoms with E-state index < -0.39 is 10.0 Å². The summed E-state index contributed by atoms with van der Waals surface area (Å²) in [7, 11) is -3.03. The lowest BCUT2D eigenvalue weighted by atomic mass is 10.0. The van der Waals surface area contributed by atoms with Crippen LogP contribution in [0.25, 0.3) is 0 Å². The van der Waals surface area contributed by atoms with Crippen molar-refractivity contribution in [2.24, 2.45) is 17.6 Å². The SMILES string of the molecule is CC(N)C1CCN(S(=O)(=O)CC2CCCC2)C1. The van der Waals surface area contributed by atoms with Crippen LogP contribution in [0.5, 0.6) is 0 Å². The Labute approximate surface area is 105 Å². The molecular formula is C12H24N2O2S. The van der Waals surface area contributed by atoms with Gasteiger partial charge in [-0.2, -0.15) is 0 Å². The molecule has 17 heavy (non-hydrogen) atoms. The van der Waals surface area contributed by atoms with E-state index in [1.807, 2.05) is 6.92 Å². The highest BCUT2D eigenvalue weighted by Crippen LogP contribution is 2.29. The number of hydrogen-bond acceptors (Lipinski definition) is 3. The van der Waals surface area contributed by atoms with Crippen molar-refractivity contribution >= 4 is 10.0 Å². The lowest BCUT2D eigenvalue weighted by Gasteiger charge is -2.20. The second-order valence-electron chi connectivity index (χ2n) is 5.69. The fourth-order valence-corrected chi connectivity index (χ4v) is 4.96. The van der Waals surface area contributed by atoms with E-state index in [4.69, 9.17) is 5.73 Å². The third-order valence-electron chi connectivity index (χ3n) is 4.25. The predicted molar refractivity (Wildman–Crippen MR) is 69.1 cm³/mol. The summed E-state index contributed by atoms with van der Waals surface area (Å²) in [5.41, 5.74) is 5.85. The van der Waals surface area contributed by atoms with E-state index in [-0.39, 0.29) is 6.04 Å². The molecule has 0 spiro atoms. The van der Waals surface area contributed by atoms with Gasteiger partial charge < -0.3 is 5.73 Å². The molecule has 0 aromatic rings. The van der Waals surface area contributed by atoms with E-state index >= 15 is 0 Å². The summed E-state index contributed by atoms with van der Waals surface area (Å²) in [6, 6.07) is 0.0988. The zero-order chi connectivity index (χ0) is 12.5. The number of nitrogens with zero attached hydrogens (tertiary/aromatic N) is 1. The lowest BCUT2D eigenvalue weighted by molar-refractivity contribution is 0.423. The first kappa shape index (κ1) is 13.3. The Kier molecular flexibility index (Phi) is 4.10.